The lowest BCUT2D eigenvalue weighted by atomic mass is 10.1. The highest BCUT2D eigenvalue weighted by Gasteiger charge is 2.07. The Kier molecular flexibility index (Phi) is 26.4. The second kappa shape index (κ2) is 29.7. The molecule has 1 aromatic rings. The van der Waals surface area contributed by atoms with E-state index in [1.807, 2.05) is 42.5 Å². The molecule has 0 aromatic heterocycles. The molecule has 0 saturated carbocycles. The Morgan fingerprint density at radius 2 is 1.24 bits per heavy atom. The van der Waals surface area contributed by atoms with Gasteiger partial charge in [-0.2, -0.15) is 0 Å². The first-order chi connectivity index (χ1) is 22.1. The van der Waals surface area contributed by atoms with Crippen molar-refractivity contribution >= 4 is 40.8 Å². The topological polar surface area (TPSA) is 55.8 Å². The molecule has 0 heterocycles. The Labute approximate surface area is 282 Å². The fourth-order valence-corrected chi connectivity index (χ4v) is 4.75. The second-order valence-corrected chi connectivity index (χ2v) is 11.3. The van der Waals surface area contributed by atoms with Crippen LogP contribution in [0.5, 0.6) is 0 Å². The number of hydrogen-bond donors (Lipinski definition) is 0. The van der Waals surface area contributed by atoms with Gasteiger partial charge in [0.05, 0.1) is 0 Å². The number of carbonyl (C=O) groups excluding carboxylic acids is 2. The van der Waals surface area contributed by atoms with Crippen LogP contribution in [0.1, 0.15) is 76.7 Å². The molecule has 1 aromatic carbocycles. The molecule has 0 spiro atoms. The third-order valence-corrected chi connectivity index (χ3v) is 7.13. The molecule has 0 saturated heterocycles. The van der Waals surface area contributed by atoms with Crippen LogP contribution in [0.3, 0.4) is 0 Å². The van der Waals surface area contributed by atoms with Gasteiger partial charge in [-0.3, -0.25) is 4.79 Å². The minimum Gasteiger partial charge on any atom is -0.462 e. The van der Waals surface area contributed by atoms with Gasteiger partial charge < -0.3 is 14.4 Å². The minimum atomic E-state index is -0.483. The van der Waals surface area contributed by atoms with E-state index in [0.29, 0.717) is 24.6 Å². The van der Waals surface area contributed by atoms with Gasteiger partial charge in [0.25, 0.3) is 0 Å². The van der Waals surface area contributed by atoms with Crippen molar-refractivity contribution in [2.45, 2.75) is 77.6 Å². The van der Waals surface area contributed by atoms with Gasteiger partial charge in [-0.05, 0) is 43.4 Å². The predicted octanol–water partition coefficient (Wildman–Crippen LogP) is 9.86. The van der Waals surface area contributed by atoms with Crippen molar-refractivity contribution in [1.29, 1.82) is 0 Å². The van der Waals surface area contributed by atoms with Crippen molar-refractivity contribution in [2.24, 2.45) is 0 Å². The number of benzene rings is 1. The number of unbranched alkanes of at least 4 members (excludes halogenated alkanes) is 7. The van der Waals surface area contributed by atoms with E-state index in [9.17, 15) is 9.59 Å². The third kappa shape index (κ3) is 24.0. The maximum absolute atomic E-state index is 12.0. The van der Waals surface area contributed by atoms with E-state index < -0.39 is 5.97 Å². The number of carbonyl (C=O) groups is 2. The largest absolute Gasteiger partial charge is 0.462 e. The first-order valence-electron chi connectivity index (χ1n) is 16.4. The van der Waals surface area contributed by atoms with Crippen LogP contribution in [0, 0.1) is 0 Å². The van der Waals surface area contributed by atoms with E-state index in [1.54, 1.807) is 12.2 Å². The van der Waals surface area contributed by atoms with Crippen molar-refractivity contribution in [2.75, 3.05) is 43.0 Å². The molecule has 0 aliphatic carbocycles. The Morgan fingerprint density at radius 3 is 1.87 bits per heavy atom. The number of aryl methyl sites for hydroxylation is 1. The molecule has 0 unspecified atom stereocenters. The lowest BCUT2D eigenvalue weighted by molar-refractivity contribution is -0.149. The monoisotopic (exact) mass is 657 g/mol. The van der Waals surface area contributed by atoms with E-state index >= 15 is 0 Å². The van der Waals surface area contributed by atoms with Gasteiger partial charge in [0.1, 0.15) is 13.2 Å². The van der Waals surface area contributed by atoms with Crippen LogP contribution in [0.2, 0.25) is 0 Å². The number of anilines is 1. The summed E-state index contributed by atoms with van der Waals surface area (Å²) >= 11 is 11.8. The van der Waals surface area contributed by atoms with Gasteiger partial charge in [-0.15, -0.1) is 23.2 Å². The fraction of sp³-hybridized carbons (Fsp3) is 0.474. The summed E-state index contributed by atoms with van der Waals surface area (Å²) in [5.41, 5.74) is 2.23. The zero-order valence-electron chi connectivity index (χ0n) is 27.1. The van der Waals surface area contributed by atoms with Crippen LogP contribution < -0.4 is 4.90 Å². The van der Waals surface area contributed by atoms with Crippen LogP contribution in [0.15, 0.2) is 97.2 Å². The SMILES string of the molecule is CCCCCCCCC/C=C/C=C/C=C/C=C/C=C/C=C/C(=O)OCCOC(=O)CCCc1ccc(N(CCCl)CCCl)cc1. The van der Waals surface area contributed by atoms with E-state index in [4.69, 9.17) is 32.7 Å². The van der Waals surface area contributed by atoms with E-state index in [1.165, 1.54) is 51.0 Å². The number of esters is 2. The molecular weight excluding hydrogens is 605 g/mol. The maximum Gasteiger partial charge on any atom is 0.330 e. The van der Waals surface area contributed by atoms with Crippen molar-refractivity contribution < 1.29 is 19.1 Å². The van der Waals surface area contributed by atoms with Crippen molar-refractivity contribution in [3.63, 3.8) is 0 Å². The highest BCUT2D eigenvalue weighted by molar-refractivity contribution is 6.18. The molecule has 45 heavy (non-hydrogen) atoms. The van der Waals surface area contributed by atoms with E-state index in [0.717, 1.165) is 37.2 Å². The summed E-state index contributed by atoms with van der Waals surface area (Å²) in [5.74, 6) is 0.300. The second-order valence-electron chi connectivity index (χ2n) is 10.5. The molecule has 0 aliphatic rings. The number of allylic oxidation sites excluding steroid dienone is 11. The molecule has 0 fully saturated rings. The molecular formula is C38H53Cl2NO4. The summed E-state index contributed by atoms with van der Waals surface area (Å²) in [7, 11) is 0. The summed E-state index contributed by atoms with van der Waals surface area (Å²) < 4.78 is 10.2. The van der Waals surface area contributed by atoms with Gasteiger partial charge in [0.15, 0.2) is 0 Å². The van der Waals surface area contributed by atoms with Crippen molar-refractivity contribution in [3.8, 4) is 0 Å². The van der Waals surface area contributed by atoms with E-state index in [-0.39, 0.29) is 19.2 Å². The zero-order chi connectivity index (χ0) is 32.6. The fourth-order valence-electron chi connectivity index (χ4n) is 4.34. The quantitative estimate of drug-likeness (QED) is 0.0326. The van der Waals surface area contributed by atoms with Gasteiger partial charge in [0.2, 0.25) is 0 Å². The normalized spacial score (nSPS) is 12.2. The summed E-state index contributed by atoms with van der Waals surface area (Å²) in [5, 5.41) is 0. The predicted molar refractivity (Wildman–Crippen MR) is 192 cm³/mol. The zero-order valence-corrected chi connectivity index (χ0v) is 28.6. The molecule has 0 aliphatic heterocycles. The minimum absolute atomic E-state index is 0.0216. The Bertz CT molecular complexity index is 1070. The Balaban J connectivity index is 2.09. The Morgan fingerprint density at radius 1 is 0.689 bits per heavy atom. The molecule has 0 amide bonds. The highest BCUT2D eigenvalue weighted by Crippen LogP contribution is 2.17. The lowest BCUT2D eigenvalue weighted by Crippen LogP contribution is -2.27. The summed E-state index contributed by atoms with van der Waals surface area (Å²) in [6, 6.07) is 8.22. The number of rotatable bonds is 26. The smallest absolute Gasteiger partial charge is 0.330 e. The van der Waals surface area contributed by atoms with Gasteiger partial charge in [-0.25, -0.2) is 4.79 Å². The number of alkyl halides is 2. The molecule has 0 bridgehead atoms. The van der Waals surface area contributed by atoms with Crippen LogP contribution in [-0.2, 0) is 25.5 Å². The first kappa shape index (κ1) is 40.0. The number of ether oxygens (including phenoxy) is 2. The maximum atomic E-state index is 12.0. The molecule has 0 radical (unpaired) electrons. The lowest BCUT2D eigenvalue weighted by Gasteiger charge is -2.23. The average Bonchev–Trinajstić information content (AvgIpc) is 3.04. The van der Waals surface area contributed by atoms with Crippen molar-refractivity contribution in [1.82, 2.24) is 0 Å². The molecule has 1 rings (SSSR count). The first-order valence-corrected chi connectivity index (χ1v) is 17.5. The molecule has 0 N–H and O–H groups in total. The number of nitrogens with zero attached hydrogens (tertiary/aromatic N) is 1. The van der Waals surface area contributed by atoms with Crippen molar-refractivity contribution in [3.05, 3.63) is 103 Å². The summed E-state index contributed by atoms with van der Waals surface area (Å²) in [4.78, 5) is 25.9. The standard InChI is InChI=1S/C38H53Cl2NO4/c1-2-3-4-5-6-7-8-9-10-11-12-13-14-15-16-17-18-19-20-23-37(42)44-33-34-45-38(43)24-21-22-35-25-27-36(28-26-35)41(31-29-39)32-30-40/h10-20,23,25-28H,2-9,21-22,24,29-34H2,1H3/b11-10+,13-12+,15-14+,17-16+,19-18+,23-20+. The molecule has 0 atom stereocenters. The number of hydrogen-bond acceptors (Lipinski definition) is 5. The van der Waals surface area contributed by atoms with Gasteiger partial charge in [0, 0.05) is 43.0 Å². The summed E-state index contributed by atoms with van der Waals surface area (Å²) in [6.45, 7) is 3.80. The molecule has 248 valence electrons. The van der Waals surface area contributed by atoms with E-state index in [2.05, 4.69) is 48.2 Å². The molecule has 5 nitrogen and oxygen atoms in total. The molecule has 7 heteroatoms. The number of halogens is 2. The van der Waals surface area contributed by atoms with Crippen LogP contribution >= 0.6 is 23.2 Å². The van der Waals surface area contributed by atoms with Gasteiger partial charge in [-0.1, -0.05) is 124 Å². The van der Waals surface area contributed by atoms with Gasteiger partial charge >= 0.3 is 11.9 Å². The van der Waals surface area contributed by atoms with Crippen LogP contribution in [0.4, 0.5) is 5.69 Å². The highest BCUT2D eigenvalue weighted by atomic mass is 35.5. The summed E-state index contributed by atoms with van der Waals surface area (Å²) in [6.07, 6.45) is 34.9. The average molecular weight is 659 g/mol. The third-order valence-electron chi connectivity index (χ3n) is 6.79. The van der Waals surface area contributed by atoms with Crippen LogP contribution in [-0.4, -0.2) is 50.0 Å². The Hall–Kier alpha value is -3.02. The van der Waals surface area contributed by atoms with Crippen LogP contribution in [0.25, 0.3) is 0 Å².